The van der Waals surface area contributed by atoms with Crippen molar-refractivity contribution in [1.29, 1.82) is 0 Å². The van der Waals surface area contributed by atoms with Crippen LogP contribution >= 0.6 is 0 Å². The molecule has 8 nitrogen and oxygen atoms in total. The third-order valence-electron chi connectivity index (χ3n) is 4.50. The van der Waals surface area contributed by atoms with Crippen LogP contribution in [-0.2, 0) is 0 Å². The molecule has 0 heterocycles. The number of hydrogen-bond donors (Lipinski definition) is 2. The van der Waals surface area contributed by atoms with Crippen LogP contribution in [0, 0.1) is 0 Å². The van der Waals surface area contributed by atoms with Crippen molar-refractivity contribution >= 4 is 23.2 Å². The van der Waals surface area contributed by atoms with Crippen LogP contribution in [0.2, 0.25) is 0 Å². The van der Waals surface area contributed by atoms with E-state index in [1.54, 1.807) is 24.3 Å². The second-order valence-corrected chi connectivity index (χ2v) is 6.15. The molecule has 0 aromatic heterocycles. The molecule has 0 fully saturated rings. The summed E-state index contributed by atoms with van der Waals surface area (Å²) in [6.07, 6.45) is 0. The van der Waals surface area contributed by atoms with Gasteiger partial charge in [0.2, 0.25) is 5.75 Å². The lowest BCUT2D eigenvalue weighted by molar-refractivity contribution is 0.0952. The van der Waals surface area contributed by atoms with E-state index in [2.05, 4.69) is 10.5 Å². The lowest BCUT2D eigenvalue weighted by Gasteiger charge is -2.13. The molecule has 2 aromatic rings. The number of carbonyl (C=O) groups excluding carboxylic acids is 2. The summed E-state index contributed by atoms with van der Waals surface area (Å²) in [6.45, 7) is 1.53. The van der Waals surface area contributed by atoms with E-state index < -0.39 is 5.91 Å². The lowest BCUT2D eigenvalue weighted by atomic mass is 10.1. The minimum atomic E-state index is -0.549. The first-order valence-electron chi connectivity index (χ1n) is 8.65. The van der Waals surface area contributed by atoms with Gasteiger partial charge in [-0.25, -0.2) is 5.43 Å². The van der Waals surface area contributed by atoms with Gasteiger partial charge in [0, 0.05) is 16.7 Å². The van der Waals surface area contributed by atoms with Crippen molar-refractivity contribution in [1.82, 2.24) is 5.43 Å². The number of benzene rings is 2. The molecule has 150 valence electrons. The molecule has 0 unspecified atom stereocenters. The highest BCUT2D eigenvalue weighted by Gasteiger charge is 2.31. The quantitative estimate of drug-likeness (QED) is 0.574. The third-order valence-corrected chi connectivity index (χ3v) is 4.50. The van der Waals surface area contributed by atoms with Crippen LogP contribution in [-0.4, -0.2) is 43.8 Å². The minimum Gasteiger partial charge on any atom is -0.506 e. The minimum absolute atomic E-state index is 0.0522. The van der Waals surface area contributed by atoms with Crippen molar-refractivity contribution in [3.05, 3.63) is 58.7 Å². The third kappa shape index (κ3) is 3.52. The van der Waals surface area contributed by atoms with Gasteiger partial charge in [-0.3, -0.25) is 9.59 Å². The summed E-state index contributed by atoms with van der Waals surface area (Å²) in [4.78, 5) is 25.1. The second kappa shape index (κ2) is 8.05. The van der Waals surface area contributed by atoms with E-state index in [-0.39, 0.29) is 28.4 Å². The number of rotatable bonds is 6. The second-order valence-electron chi connectivity index (χ2n) is 6.15. The zero-order valence-electron chi connectivity index (χ0n) is 16.4. The Morgan fingerprint density at radius 1 is 1.00 bits per heavy atom. The number of methoxy groups -OCH3 is 3. The first-order valence-corrected chi connectivity index (χ1v) is 8.65. The van der Waals surface area contributed by atoms with Gasteiger partial charge in [0.05, 0.1) is 32.6 Å². The molecular weight excluding hydrogens is 376 g/mol. The molecule has 2 aromatic carbocycles. The van der Waals surface area contributed by atoms with Crippen LogP contribution in [0.4, 0.5) is 0 Å². The fourth-order valence-electron chi connectivity index (χ4n) is 3.07. The number of nitrogens with one attached hydrogen (secondary N) is 1. The number of allylic oxidation sites excluding steroid dienone is 1. The normalized spacial score (nSPS) is 13.2. The molecule has 29 heavy (non-hydrogen) atoms. The van der Waals surface area contributed by atoms with Crippen molar-refractivity contribution < 1.29 is 28.9 Å². The average Bonchev–Trinajstić information content (AvgIpc) is 3.01. The molecule has 1 aliphatic rings. The highest BCUT2D eigenvalue weighted by atomic mass is 16.5. The summed E-state index contributed by atoms with van der Waals surface area (Å²) in [6, 6.07) is 9.68. The van der Waals surface area contributed by atoms with Gasteiger partial charge >= 0.3 is 0 Å². The van der Waals surface area contributed by atoms with Crippen LogP contribution in [0.1, 0.15) is 33.2 Å². The maximum Gasteiger partial charge on any atom is 0.271 e. The number of ether oxygens (including phenoxy) is 3. The number of hydrogen-bond acceptors (Lipinski definition) is 7. The fourth-order valence-corrected chi connectivity index (χ4v) is 3.07. The number of fused-ring (bicyclic) bond motifs is 1. The number of hydrazone groups is 1. The average molecular weight is 396 g/mol. The number of nitrogens with zero attached hydrogens (tertiary/aromatic N) is 1. The van der Waals surface area contributed by atoms with Gasteiger partial charge in [-0.2, -0.15) is 5.10 Å². The van der Waals surface area contributed by atoms with Gasteiger partial charge in [0.25, 0.3) is 5.91 Å². The summed E-state index contributed by atoms with van der Waals surface area (Å²) in [5, 5.41) is 14.4. The van der Waals surface area contributed by atoms with Crippen LogP contribution in [0.5, 0.6) is 17.2 Å². The Kier molecular flexibility index (Phi) is 5.54. The van der Waals surface area contributed by atoms with Crippen molar-refractivity contribution in [2.45, 2.75) is 6.92 Å². The summed E-state index contributed by atoms with van der Waals surface area (Å²) in [5.41, 5.74) is 3.67. The van der Waals surface area contributed by atoms with E-state index in [9.17, 15) is 14.7 Å². The number of carbonyl (C=O) groups is 2. The van der Waals surface area contributed by atoms with E-state index in [1.165, 1.54) is 40.4 Å². The van der Waals surface area contributed by atoms with Gasteiger partial charge in [-0.05, 0) is 19.1 Å². The fraction of sp³-hybridized carbons (Fsp3) is 0.190. The number of ketones is 1. The molecule has 0 radical (unpaired) electrons. The van der Waals surface area contributed by atoms with Gasteiger partial charge in [-0.15, -0.1) is 0 Å². The van der Waals surface area contributed by atoms with Crippen molar-refractivity contribution in [3.63, 3.8) is 0 Å². The maximum absolute atomic E-state index is 12.5. The Labute approximate surface area is 167 Å². The Hall–Kier alpha value is -3.81. The molecular formula is C21H20N2O6. The highest BCUT2D eigenvalue weighted by Crippen LogP contribution is 2.38. The number of aliphatic hydroxyl groups is 1. The molecule has 0 atom stereocenters. The molecule has 2 N–H and O–H groups in total. The molecule has 8 heteroatoms. The summed E-state index contributed by atoms with van der Waals surface area (Å²) in [7, 11) is 4.35. The van der Waals surface area contributed by atoms with Crippen LogP contribution < -0.4 is 19.6 Å². The Balaban J connectivity index is 1.86. The van der Waals surface area contributed by atoms with E-state index in [4.69, 9.17) is 14.2 Å². The molecule has 1 aliphatic carbocycles. The van der Waals surface area contributed by atoms with Crippen LogP contribution in [0.25, 0.3) is 5.76 Å². The molecule has 0 bridgehead atoms. The topological polar surface area (TPSA) is 106 Å². The standard InChI is InChI=1S/C21H20N2O6/c1-11(17-18(24)13-7-5-6-8-14(13)19(17)25)22-23-21(26)12-9-15(27-2)20(29-4)16(10-12)28-3/h5-10,24H,1-4H3,(H,23,26)/b22-11-. The first-order chi connectivity index (χ1) is 13.9. The van der Waals surface area contributed by atoms with Gasteiger partial charge in [0.1, 0.15) is 5.76 Å². The Morgan fingerprint density at radius 3 is 2.10 bits per heavy atom. The lowest BCUT2D eigenvalue weighted by Crippen LogP contribution is -2.21. The van der Waals surface area contributed by atoms with E-state index in [0.29, 0.717) is 28.4 Å². The van der Waals surface area contributed by atoms with Gasteiger partial charge in [-0.1, -0.05) is 24.3 Å². The monoisotopic (exact) mass is 396 g/mol. The predicted octanol–water partition coefficient (Wildman–Crippen LogP) is 2.98. The van der Waals surface area contributed by atoms with E-state index >= 15 is 0 Å². The molecule has 0 aliphatic heterocycles. The van der Waals surface area contributed by atoms with Crippen molar-refractivity contribution in [3.8, 4) is 17.2 Å². The van der Waals surface area contributed by atoms with Crippen molar-refractivity contribution in [2.75, 3.05) is 21.3 Å². The summed E-state index contributed by atoms with van der Waals surface area (Å²) < 4.78 is 15.7. The van der Waals surface area contributed by atoms with Gasteiger partial charge < -0.3 is 19.3 Å². The Bertz CT molecular complexity index is 1030. The first kappa shape index (κ1) is 19.9. The zero-order chi connectivity index (χ0) is 21.1. The summed E-state index contributed by atoms with van der Waals surface area (Å²) in [5.74, 6) is -0.0588. The van der Waals surface area contributed by atoms with Crippen LogP contribution in [0.3, 0.4) is 0 Å². The van der Waals surface area contributed by atoms with E-state index in [0.717, 1.165) is 0 Å². The molecule has 3 rings (SSSR count). The molecule has 0 saturated carbocycles. The zero-order valence-corrected chi connectivity index (χ0v) is 16.4. The molecule has 0 saturated heterocycles. The Morgan fingerprint density at radius 2 is 1.59 bits per heavy atom. The maximum atomic E-state index is 12.5. The van der Waals surface area contributed by atoms with Gasteiger partial charge in [0.15, 0.2) is 17.3 Å². The SMILES string of the molecule is COc1cc(C(=O)N/N=C(/C)C2=C(O)c3ccccc3C2=O)cc(OC)c1OC. The van der Waals surface area contributed by atoms with E-state index in [1.807, 2.05) is 0 Å². The van der Waals surface area contributed by atoms with Crippen LogP contribution in [0.15, 0.2) is 47.1 Å². The number of amides is 1. The predicted molar refractivity (Wildman–Crippen MR) is 107 cm³/mol. The smallest absolute Gasteiger partial charge is 0.271 e. The molecule has 0 spiro atoms. The largest absolute Gasteiger partial charge is 0.506 e. The summed E-state index contributed by atoms with van der Waals surface area (Å²) >= 11 is 0. The number of aliphatic hydroxyl groups excluding tert-OH is 1. The number of Topliss-reactive ketones (excluding diaryl/α,β-unsaturated/α-hetero) is 1. The van der Waals surface area contributed by atoms with Crippen molar-refractivity contribution in [2.24, 2.45) is 5.10 Å². The molecule has 1 amide bonds. The highest BCUT2D eigenvalue weighted by molar-refractivity contribution is 6.35.